The van der Waals surface area contributed by atoms with Crippen molar-refractivity contribution in [3.8, 4) is 0 Å². The fourth-order valence-electron chi connectivity index (χ4n) is 2.92. The van der Waals surface area contributed by atoms with Gasteiger partial charge in [0.1, 0.15) is 11.7 Å². The van der Waals surface area contributed by atoms with E-state index >= 15 is 0 Å². The highest BCUT2D eigenvalue weighted by Crippen LogP contribution is 2.34. The molecule has 2 rings (SSSR count). The van der Waals surface area contributed by atoms with Crippen molar-refractivity contribution in [3.05, 3.63) is 23.9 Å². The van der Waals surface area contributed by atoms with E-state index in [1.54, 1.807) is 6.20 Å². The zero-order chi connectivity index (χ0) is 14.8. The number of amidine groups is 1. The number of hydrogen-bond acceptors (Lipinski definition) is 3. The maximum atomic E-state index is 7.40. The number of nitrogens with one attached hydrogen (secondary N) is 1. The lowest BCUT2D eigenvalue weighted by atomic mass is 9.77. The van der Waals surface area contributed by atoms with Crippen molar-refractivity contribution in [1.82, 2.24) is 4.98 Å². The molecule has 4 nitrogen and oxygen atoms in total. The summed E-state index contributed by atoms with van der Waals surface area (Å²) in [6.07, 6.45) is 5.44. The molecular formula is C16H26N4. The molecule has 1 aliphatic heterocycles. The Balaban J connectivity index is 2.05. The van der Waals surface area contributed by atoms with Crippen molar-refractivity contribution in [2.45, 2.75) is 40.0 Å². The molecule has 4 heteroatoms. The maximum absolute atomic E-state index is 7.40. The first-order valence-electron chi connectivity index (χ1n) is 7.43. The fraction of sp³-hybridized carbons (Fsp3) is 0.625. The average Bonchev–Trinajstić information content (AvgIpc) is 2.64. The molecule has 1 fully saturated rings. The van der Waals surface area contributed by atoms with Crippen LogP contribution in [0.5, 0.6) is 0 Å². The summed E-state index contributed by atoms with van der Waals surface area (Å²) in [5.74, 6) is 1.86. The van der Waals surface area contributed by atoms with Crippen LogP contribution in [-0.4, -0.2) is 23.9 Å². The van der Waals surface area contributed by atoms with Crippen molar-refractivity contribution in [3.63, 3.8) is 0 Å². The van der Waals surface area contributed by atoms with Crippen molar-refractivity contribution in [2.75, 3.05) is 18.0 Å². The van der Waals surface area contributed by atoms with Crippen LogP contribution in [0.15, 0.2) is 18.3 Å². The van der Waals surface area contributed by atoms with Gasteiger partial charge in [-0.05, 0) is 42.7 Å². The lowest BCUT2D eigenvalue weighted by molar-refractivity contribution is 0.220. The van der Waals surface area contributed by atoms with Gasteiger partial charge in [-0.25, -0.2) is 4.98 Å². The van der Waals surface area contributed by atoms with E-state index in [2.05, 4.69) is 30.7 Å². The number of nitrogens with two attached hydrogens (primary N) is 1. The molecule has 0 radical (unpaired) electrons. The molecule has 0 bridgehead atoms. The van der Waals surface area contributed by atoms with E-state index < -0.39 is 0 Å². The molecule has 1 saturated heterocycles. The summed E-state index contributed by atoms with van der Waals surface area (Å²) in [5.41, 5.74) is 6.54. The molecule has 1 unspecified atom stereocenters. The minimum absolute atomic E-state index is 0.0766. The van der Waals surface area contributed by atoms with Crippen LogP contribution in [0.1, 0.15) is 45.6 Å². The average molecular weight is 274 g/mol. The predicted molar refractivity (Wildman–Crippen MR) is 84.3 cm³/mol. The highest BCUT2D eigenvalue weighted by Gasteiger charge is 2.27. The van der Waals surface area contributed by atoms with E-state index in [0.717, 1.165) is 24.8 Å². The minimum Gasteiger partial charge on any atom is -0.384 e. The molecule has 1 aliphatic rings. The Bertz CT molecular complexity index is 458. The SMILES string of the molecule is CC(C)(C)C1CCCN(c2ccc(C(=N)N)cn2)CC1. The summed E-state index contributed by atoms with van der Waals surface area (Å²) in [7, 11) is 0. The van der Waals surface area contributed by atoms with Crippen LogP contribution < -0.4 is 10.6 Å². The van der Waals surface area contributed by atoms with Crippen molar-refractivity contribution >= 4 is 11.7 Å². The van der Waals surface area contributed by atoms with Gasteiger partial charge in [-0.3, -0.25) is 5.41 Å². The summed E-state index contributed by atoms with van der Waals surface area (Å²) in [5, 5.41) is 7.40. The number of rotatable bonds is 2. The molecule has 1 aromatic rings. The Labute approximate surface area is 121 Å². The summed E-state index contributed by atoms with van der Waals surface area (Å²) >= 11 is 0. The Morgan fingerprint density at radius 3 is 2.60 bits per heavy atom. The zero-order valence-corrected chi connectivity index (χ0v) is 12.8. The van der Waals surface area contributed by atoms with Crippen LogP contribution in [0.4, 0.5) is 5.82 Å². The summed E-state index contributed by atoms with van der Waals surface area (Å²) in [4.78, 5) is 6.81. The van der Waals surface area contributed by atoms with Gasteiger partial charge < -0.3 is 10.6 Å². The van der Waals surface area contributed by atoms with Gasteiger partial charge >= 0.3 is 0 Å². The Hall–Kier alpha value is -1.58. The molecule has 1 atom stereocenters. The first-order valence-corrected chi connectivity index (χ1v) is 7.43. The van der Waals surface area contributed by atoms with Crippen molar-refractivity contribution < 1.29 is 0 Å². The normalized spacial score (nSPS) is 20.6. The Kier molecular flexibility index (Phi) is 4.31. The molecular weight excluding hydrogens is 248 g/mol. The minimum atomic E-state index is 0.0766. The van der Waals surface area contributed by atoms with E-state index in [4.69, 9.17) is 11.1 Å². The van der Waals surface area contributed by atoms with Gasteiger partial charge in [0.05, 0.1) is 0 Å². The molecule has 110 valence electrons. The molecule has 0 amide bonds. The summed E-state index contributed by atoms with van der Waals surface area (Å²) in [6, 6.07) is 3.87. The number of aromatic nitrogens is 1. The Morgan fingerprint density at radius 1 is 1.30 bits per heavy atom. The molecule has 20 heavy (non-hydrogen) atoms. The fourth-order valence-corrected chi connectivity index (χ4v) is 2.92. The zero-order valence-electron chi connectivity index (χ0n) is 12.8. The second kappa shape index (κ2) is 5.81. The van der Waals surface area contributed by atoms with Gasteiger partial charge in [0.25, 0.3) is 0 Å². The van der Waals surface area contributed by atoms with Crippen LogP contribution in [-0.2, 0) is 0 Å². The van der Waals surface area contributed by atoms with E-state index in [9.17, 15) is 0 Å². The second-order valence-corrected chi connectivity index (χ2v) is 6.80. The third-order valence-corrected chi connectivity index (χ3v) is 4.34. The van der Waals surface area contributed by atoms with Gasteiger partial charge in [-0.2, -0.15) is 0 Å². The maximum Gasteiger partial charge on any atom is 0.128 e. The summed E-state index contributed by atoms with van der Waals surface area (Å²) < 4.78 is 0. The Morgan fingerprint density at radius 2 is 2.05 bits per heavy atom. The number of nitrogens with zero attached hydrogens (tertiary/aromatic N) is 2. The predicted octanol–water partition coefficient (Wildman–Crippen LogP) is 3.02. The molecule has 0 aliphatic carbocycles. The third kappa shape index (κ3) is 3.50. The van der Waals surface area contributed by atoms with E-state index in [1.807, 2.05) is 12.1 Å². The number of nitrogen functional groups attached to an aromatic ring is 1. The smallest absolute Gasteiger partial charge is 0.128 e. The highest BCUT2D eigenvalue weighted by molar-refractivity contribution is 5.94. The molecule has 2 heterocycles. The topological polar surface area (TPSA) is 66.0 Å². The van der Waals surface area contributed by atoms with Gasteiger partial charge in [0.2, 0.25) is 0 Å². The number of pyridine rings is 1. The second-order valence-electron chi connectivity index (χ2n) is 6.80. The molecule has 0 aromatic carbocycles. The molecule has 1 aromatic heterocycles. The van der Waals surface area contributed by atoms with Gasteiger partial charge in [0, 0.05) is 24.8 Å². The van der Waals surface area contributed by atoms with Crippen LogP contribution in [0.3, 0.4) is 0 Å². The van der Waals surface area contributed by atoms with E-state index in [1.165, 1.54) is 19.3 Å². The molecule has 0 saturated carbocycles. The lowest BCUT2D eigenvalue weighted by Gasteiger charge is -2.29. The van der Waals surface area contributed by atoms with Crippen LogP contribution in [0, 0.1) is 16.7 Å². The van der Waals surface area contributed by atoms with Gasteiger partial charge in [0.15, 0.2) is 0 Å². The van der Waals surface area contributed by atoms with Crippen LogP contribution in [0.25, 0.3) is 0 Å². The largest absolute Gasteiger partial charge is 0.384 e. The van der Waals surface area contributed by atoms with Gasteiger partial charge in [-0.1, -0.05) is 20.8 Å². The number of hydrogen-bond donors (Lipinski definition) is 2. The highest BCUT2D eigenvalue weighted by atomic mass is 15.2. The van der Waals surface area contributed by atoms with Crippen molar-refractivity contribution in [2.24, 2.45) is 17.1 Å². The molecule has 3 N–H and O–H groups in total. The van der Waals surface area contributed by atoms with E-state index in [0.29, 0.717) is 11.0 Å². The number of anilines is 1. The quantitative estimate of drug-likeness (QED) is 0.643. The van der Waals surface area contributed by atoms with Crippen LogP contribution >= 0.6 is 0 Å². The monoisotopic (exact) mass is 274 g/mol. The first kappa shape index (κ1) is 14.8. The molecule has 0 spiro atoms. The van der Waals surface area contributed by atoms with Crippen LogP contribution in [0.2, 0.25) is 0 Å². The lowest BCUT2D eigenvalue weighted by Crippen LogP contribution is -2.27. The van der Waals surface area contributed by atoms with Crippen molar-refractivity contribution in [1.29, 1.82) is 5.41 Å². The first-order chi connectivity index (χ1) is 9.38. The standard InChI is InChI=1S/C16H26N4/c1-16(2,3)13-5-4-9-20(10-8-13)14-7-6-12(11-19-14)15(17)18/h6-7,11,13H,4-5,8-10H2,1-3H3,(H3,17,18). The summed E-state index contributed by atoms with van der Waals surface area (Å²) in [6.45, 7) is 9.15. The van der Waals surface area contributed by atoms with Gasteiger partial charge in [-0.15, -0.1) is 0 Å². The van der Waals surface area contributed by atoms with E-state index in [-0.39, 0.29) is 5.84 Å². The third-order valence-electron chi connectivity index (χ3n) is 4.34.